The number of aldehydes is 1. The van der Waals surface area contributed by atoms with Crippen molar-refractivity contribution in [2.75, 3.05) is 0 Å². The van der Waals surface area contributed by atoms with Gasteiger partial charge in [0.05, 0.1) is 0 Å². The number of fused-ring (bicyclic) bond motifs is 4. The Labute approximate surface area is 157 Å². The number of aryl methyl sites for hydroxylation is 1. The van der Waals surface area contributed by atoms with Crippen molar-refractivity contribution in [2.45, 2.75) is 6.92 Å². The molecule has 0 N–H and O–H groups in total. The molecule has 4 aromatic rings. The lowest BCUT2D eigenvalue weighted by molar-refractivity contribution is 0.104. The van der Waals surface area contributed by atoms with Crippen LogP contribution < -0.4 is 0 Å². The van der Waals surface area contributed by atoms with Crippen molar-refractivity contribution in [3.05, 3.63) is 95.1 Å². The van der Waals surface area contributed by atoms with Crippen LogP contribution in [0.3, 0.4) is 0 Å². The predicted molar refractivity (Wildman–Crippen MR) is 108 cm³/mol. The van der Waals surface area contributed by atoms with Gasteiger partial charge in [0.15, 0.2) is 12.1 Å². The lowest BCUT2D eigenvalue weighted by atomic mass is 9.92. The maximum Gasteiger partial charge on any atom is 0.194 e. The van der Waals surface area contributed by atoms with Crippen LogP contribution in [0.25, 0.3) is 33.0 Å². The Morgan fingerprint density at radius 2 is 1.22 bits per heavy atom. The molecule has 0 amide bonds. The zero-order valence-corrected chi connectivity index (χ0v) is 14.8. The summed E-state index contributed by atoms with van der Waals surface area (Å²) in [4.78, 5) is 24.3. The molecular weight excluding hydrogens is 332 g/mol. The van der Waals surface area contributed by atoms with Crippen LogP contribution in [0.1, 0.15) is 31.8 Å². The summed E-state index contributed by atoms with van der Waals surface area (Å²) in [6.07, 6.45) is 0.891. The molecule has 2 heteroatoms. The fourth-order valence-electron chi connectivity index (χ4n) is 4.07. The zero-order chi connectivity index (χ0) is 18.5. The smallest absolute Gasteiger partial charge is 0.194 e. The molecular formula is C25H16O2. The van der Waals surface area contributed by atoms with Gasteiger partial charge in [0, 0.05) is 16.7 Å². The summed E-state index contributed by atoms with van der Waals surface area (Å²) in [7, 11) is 0. The van der Waals surface area contributed by atoms with Crippen LogP contribution in [0, 0.1) is 6.92 Å². The van der Waals surface area contributed by atoms with Crippen LogP contribution >= 0.6 is 0 Å². The van der Waals surface area contributed by atoms with Crippen LogP contribution in [0.4, 0.5) is 0 Å². The first-order valence-corrected chi connectivity index (χ1v) is 8.94. The van der Waals surface area contributed by atoms with E-state index in [4.69, 9.17) is 0 Å². The standard InChI is InChI=1S/C25H16O2/c1-15-10-17-12-23-20-8-4-5-9-21(20)25(27)24(23)13-18(17)11-22(15)19-7-3-2-6-16(19)14-26/h2-14H,1H3. The Hall–Kier alpha value is -3.52. The summed E-state index contributed by atoms with van der Waals surface area (Å²) in [5.74, 6) is 0.0814. The first kappa shape index (κ1) is 15.7. The largest absolute Gasteiger partial charge is 0.298 e. The quantitative estimate of drug-likeness (QED) is 0.376. The van der Waals surface area contributed by atoms with E-state index < -0.39 is 0 Å². The van der Waals surface area contributed by atoms with E-state index in [-0.39, 0.29) is 5.78 Å². The minimum absolute atomic E-state index is 0.0814. The van der Waals surface area contributed by atoms with Crippen LogP contribution in [-0.4, -0.2) is 12.1 Å². The molecule has 0 bridgehead atoms. The molecule has 0 atom stereocenters. The summed E-state index contributed by atoms with van der Waals surface area (Å²) in [5, 5.41) is 2.11. The monoisotopic (exact) mass is 348 g/mol. The fourth-order valence-corrected chi connectivity index (χ4v) is 4.07. The third-order valence-electron chi connectivity index (χ3n) is 5.40. The number of carbonyl (C=O) groups excluding carboxylic acids is 2. The minimum Gasteiger partial charge on any atom is -0.298 e. The lowest BCUT2D eigenvalue weighted by Crippen LogP contribution is -1.95. The normalized spacial score (nSPS) is 12.1. The zero-order valence-electron chi connectivity index (χ0n) is 14.8. The molecule has 0 fully saturated rings. The Bertz CT molecular complexity index is 1260. The van der Waals surface area contributed by atoms with E-state index in [0.29, 0.717) is 5.56 Å². The highest BCUT2D eigenvalue weighted by Crippen LogP contribution is 2.40. The maximum atomic E-state index is 12.8. The van der Waals surface area contributed by atoms with Crippen molar-refractivity contribution in [1.82, 2.24) is 0 Å². The summed E-state index contributed by atoms with van der Waals surface area (Å²) in [6, 6.07) is 23.7. The van der Waals surface area contributed by atoms with E-state index >= 15 is 0 Å². The van der Waals surface area contributed by atoms with Crippen LogP contribution in [0.15, 0.2) is 72.8 Å². The van der Waals surface area contributed by atoms with Crippen molar-refractivity contribution in [1.29, 1.82) is 0 Å². The van der Waals surface area contributed by atoms with Gasteiger partial charge in [-0.2, -0.15) is 0 Å². The number of benzene rings is 4. The number of ketones is 1. The van der Waals surface area contributed by atoms with Crippen LogP contribution in [0.5, 0.6) is 0 Å². The number of rotatable bonds is 2. The Kier molecular flexibility index (Phi) is 3.34. The SMILES string of the molecule is Cc1cc2cc3c(cc2cc1-c1ccccc1C=O)C(=O)c1ccccc1-3. The average molecular weight is 348 g/mol. The van der Waals surface area contributed by atoms with E-state index in [1.807, 2.05) is 54.6 Å². The summed E-state index contributed by atoms with van der Waals surface area (Å²) >= 11 is 0. The molecule has 0 radical (unpaired) electrons. The average Bonchev–Trinajstić information content (AvgIpc) is 2.98. The van der Waals surface area contributed by atoms with Crippen molar-refractivity contribution < 1.29 is 9.59 Å². The van der Waals surface area contributed by atoms with Crippen LogP contribution in [0.2, 0.25) is 0 Å². The Balaban J connectivity index is 1.77. The van der Waals surface area contributed by atoms with Gasteiger partial charge in [-0.3, -0.25) is 9.59 Å². The van der Waals surface area contributed by atoms with Crippen molar-refractivity contribution in [2.24, 2.45) is 0 Å². The van der Waals surface area contributed by atoms with Crippen LogP contribution in [-0.2, 0) is 0 Å². The van der Waals surface area contributed by atoms with E-state index in [9.17, 15) is 9.59 Å². The molecule has 128 valence electrons. The number of carbonyl (C=O) groups is 2. The van der Waals surface area contributed by atoms with Gasteiger partial charge in [0.1, 0.15) is 0 Å². The van der Waals surface area contributed by atoms with Crippen molar-refractivity contribution >= 4 is 22.8 Å². The third-order valence-corrected chi connectivity index (χ3v) is 5.40. The molecule has 0 saturated carbocycles. The summed E-state index contributed by atoms with van der Waals surface area (Å²) in [5.41, 5.74) is 7.25. The molecule has 4 aromatic carbocycles. The van der Waals surface area contributed by atoms with Crippen molar-refractivity contribution in [3.8, 4) is 22.3 Å². The third kappa shape index (κ3) is 2.27. The van der Waals surface area contributed by atoms with Gasteiger partial charge in [-0.25, -0.2) is 0 Å². The first-order valence-electron chi connectivity index (χ1n) is 8.94. The molecule has 0 spiro atoms. The van der Waals surface area contributed by atoms with Gasteiger partial charge in [-0.05, 0) is 63.7 Å². The minimum atomic E-state index is 0.0814. The molecule has 0 aromatic heterocycles. The second kappa shape index (κ2) is 5.75. The number of hydrogen-bond donors (Lipinski definition) is 0. The molecule has 1 aliphatic rings. The van der Waals surface area contributed by atoms with E-state index in [0.717, 1.165) is 56.0 Å². The molecule has 0 unspecified atom stereocenters. The molecule has 0 saturated heterocycles. The number of hydrogen-bond acceptors (Lipinski definition) is 2. The highest BCUT2D eigenvalue weighted by Gasteiger charge is 2.26. The Morgan fingerprint density at radius 1 is 0.630 bits per heavy atom. The van der Waals surface area contributed by atoms with E-state index in [2.05, 4.69) is 25.1 Å². The highest BCUT2D eigenvalue weighted by molar-refractivity contribution is 6.23. The fraction of sp³-hybridized carbons (Fsp3) is 0.0400. The second-order valence-electron chi connectivity index (χ2n) is 6.99. The lowest BCUT2D eigenvalue weighted by Gasteiger charge is -2.12. The predicted octanol–water partition coefficient (Wildman–Crippen LogP) is 5.84. The highest BCUT2D eigenvalue weighted by atomic mass is 16.1. The van der Waals surface area contributed by atoms with Gasteiger partial charge in [-0.1, -0.05) is 54.6 Å². The van der Waals surface area contributed by atoms with Gasteiger partial charge >= 0.3 is 0 Å². The molecule has 1 aliphatic carbocycles. The van der Waals surface area contributed by atoms with E-state index in [1.165, 1.54) is 0 Å². The van der Waals surface area contributed by atoms with Gasteiger partial charge in [-0.15, -0.1) is 0 Å². The Morgan fingerprint density at radius 3 is 2.00 bits per heavy atom. The topological polar surface area (TPSA) is 34.1 Å². The molecule has 27 heavy (non-hydrogen) atoms. The van der Waals surface area contributed by atoms with E-state index in [1.54, 1.807) is 0 Å². The molecule has 2 nitrogen and oxygen atoms in total. The maximum absolute atomic E-state index is 12.8. The van der Waals surface area contributed by atoms with Gasteiger partial charge in [0.25, 0.3) is 0 Å². The molecule has 0 aliphatic heterocycles. The van der Waals surface area contributed by atoms with Gasteiger partial charge in [0.2, 0.25) is 0 Å². The van der Waals surface area contributed by atoms with Gasteiger partial charge < -0.3 is 0 Å². The second-order valence-corrected chi connectivity index (χ2v) is 6.99. The first-order chi connectivity index (χ1) is 13.2. The van der Waals surface area contributed by atoms with Crippen molar-refractivity contribution in [3.63, 3.8) is 0 Å². The molecule has 5 rings (SSSR count). The molecule has 0 heterocycles. The summed E-state index contributed by atoms with van der Waals surface area (Å²) < 4.78 is 0. The summed E-state index contributed by atoms with van der Waals surface area (Å²) in [6.45, 7) is 2.06.